The van der Waals surface area contributed by atoms with Crippen molar-refractivity contribution in [1.82, 2.24) is 18.8 Å². The minimum Gasteiger partial charge on any atom is -0.456 e. The molecule has 0 fully saturated rings. The van der Waals surface area contributed by atoms with Crippen LogP contribution in [0.2, 0.25) is 0 Å². The van der Waals surface area contributed by atoms with Crippen molar-refractivity contribution in [3.05, 3.63) is 158 Å². The molecule has 258 valence electrons. The molecule has 0 aliphatic heterocycles. The zero-order valence-electron chi connectivity index (χ0n) is 29.6. The Kier molecular flexibility index (Phi) is 5.18. The van der Waals surface area contributed by atoms with Gasteiger partial charge in [-0.15, -0.1) is 0 Å². The predicted octanol–water partition coefficient (Wildman–Crippen LogP) is 13.4. The molecular weight excluding hydrogens is 689 g/mol. The molecule has 0 aliphatic rings. The van der Waals surface area contributed by atoms with Crippen molar-refractivity contribution in [2.45, 2.75) is 0 Å². The van der Waals surface area contributed by atoms with Crippen molar-refractivity contribution >= 4 is 121 Å². The fourth-order valence-electron chi connectivity index (χ4n) is 9.54. The van der Waals surface area contributed by atoms with Crippen molar-refractivity contribution < 1.29 is 8.83 Å². The number of para-hydroxylation sites is 4. The monoisotopic (exact) mass is 714 g/mol. The molecule has 0 saturated carbocycles. The van der Waals surface area contributed by atoms with E-state index < -0.39 is 0 Å². The number of hydrogen-bond donors (Lipinski definition) is 0. The van der Waals surface area contributed by atoms with Crippen LogP contribution < -0.4 is 0 Å². The molecule has 0 radical (unpaired) electrons. The lowest BCUT2D eigenvalue weighted by Crippen LogP contribution is -1.93. The normalized spacial score (nSPS) is 12.6. The van der Waals surface area contributed by atoms with E-state index in [0.29, 0.717) is 0 Å². The second-order valence-corrected chi connectivity index (χ2v) is 14.9. The van der Waals surface area contributed by atoms with Gasteiger partial charge in [-0.05, 0) is 88.6 Å². The first-order valence-corrected chi connectivity index (χ1v) is 18.9. The summed E-state index contributed by atoms with van der Waals surface area (Å²) in [6, 6.07) is 55.9. The Bertz CT molecular complexity index is 4070. The molecule has 0 bridgehead atoms. The number of hydrogen-bond acceptors (Lipinski definition) is 4. The molecule has 0 saturated heterocycles. The smallest absolute Gasteiger partial charge is 0.160 e. The lowest BCUT2D eigenvalue weighted by molar-refractivity contribution is 0.669. The summed E-state index contributed by atoms with van der Waals surface area (Å²) in [5, 5.41) is 11.2. The minimum absolute atomic E-state index is 0.870. The Labute approximate surface area is 316 Å². The molecule has 6 heterocycles. The van der Waals surface area contributed by atoms with Gasteiger partial charge in [0.15, 0.2) is 5.58 Å². The van der Waals surface area contributed by atoms with Gasteiger partial charge < -0.3 is 8.83 Å². The molecule has 0 unspecified atom stereocenters. The van der Waals surface area contributed by atoms with Crippen LogP contribution in [0.1, 0.15) is 0 Å². The van der Waals surface area contributed by atoms with E-state index in [1.165, 1.54) is 0 Å². The Hall–Kier alpha value is -7.70. The Morgan fingerprint density at radius 3 is 1.84 bits per heavy atom. The van der Waals surface area contributed by atoms with Gasteiger partial charge in [-0.3, -0.25) is 8.80 Å². The van der Waals surface area contributed by atoms with E-state index in [1.807, 2.05) is 24.3 Å². The largest absolute Gasteiger partial charge is 0.456 e. The SMILES string of the molecule is c1ccc2c(c1)nc1c3ccc(-c4ccc5nc6c7ccccc7c7cc8oc9ccccc9c8cc7n6c5c4)cc3c3ccc4c5ccccc5oc4c3n21. The highest BCUT2D eigenvalue weighted by molar-refractivity contribution is 6.23. The van der Waals surface area contributed by atoms with Gasteiger partial charge in [-0.1, -0.05) is 91.0 Å². The molecule has 6 heteroatoms. The molecular formula is C50H26N4O2. The third-order valence-corrected chi connectivity index (χ3v) is 12.0. The van der Waals surface area contributed by atoms with Crippen molar-refractivity contribution in [2.24, 2.45) is 0 Å². The van der Waals surface area contributed by atoms with Crippen molar-refractivity contribution in [2.75, 3.05) is 0 Å². The first-order chi connectivity index (χ1) is 27.7. The molecule has 6 aromatic heterocycles. The van der Waals surface area contributed by atoms with Crippen LogP contribution in [0.3, 0.4) is 0 Å². The molecule has 6 nitrogen and oxygen atoms in total. The number of imidazole rings is 2. The van der Waals surface area contributed by atoms with E-state index in [9.17, 15) is 0 Å². The van der Waals surface area contributed by atoms with E-state index in [1.54, 1.807) is 0 Å². The summed E-state index contributed by atoms with van der Waals surface area (Å²) in [6.45, 7) is 0. The summed E-state index contributed by atoms with van der Waals surface area (Å²) >= 11 is 0. The van der Waals surface area contributed by atoms with Gasteiger partial charge in [0.1, 0.15) is 28.0 Å². The molecule has 0 N–H and O–H groups in total. The molecule has 0 atom stereocenters. The fourth-order valence-corrected chi connectivity index (χ4v) is 9.54. The molecule has 0 spiro atoms. The standard InChI is InChI=1S/C50H26N4O2/c1-2-12-34-29(9-1)37-26-46-38(31-11-4-7-15-44(31)55-46)25-42(37)53-43-24-28(18-22-40(43)52-49(34)53)27-17-19-35-36(23-27)32-20-21-33-30-10-3-8-16-45(30)56-48(33)47(32)54-41-14-6-5-13-39(41)51-50(35)54/h1-26H. The Balaban J connectivity index is 1.08. The average molecular weight is 715 g/mol. The first-order valence-electron chi connectivity index (χ1n) is 18.9. The highest BCUT2D eigenvalue weighted by atomic mass is 16.3. The summed E-state index contributed by atoms with van der Waals surface area (Å²) in [5.41, 5.74) is 13.8. The van der Waals surface area contributed by atoms with E-state index in [0.717, 1.165) is 132 Å². The number of pyridine rings is 2. The molecule has 14 aromatic rings. The topological polar surface area (TPSA) is 60.9 Å². The maximum atomic E-state index is 6.68. The summed E-state index contributed by atoms with van der Waals surface area (Å²) in [7, 11) is 0. The Morgan fingerprint density at radius 2 is 0.964 bits per heavy atom. The van der Waals surface area contributed by atoms with Crippen molar-refractivity contribution in [1.29, 1.82) is 0 Å². The molecule has 14 rings (SSSR count). The van der Waals surface area contributed by atoms with Crippen LogP contribution in [-0.4, -0.2) is 18.8 Å². The van der Waals surface area contributed by atoms with Gasteiger partial charge in [-0.25, -0.2) is 9.97 Å². The predicted molar refractivity (Wildman–Crippen MR) is 229 cm³/mol. The zero-order valence-corrected chi connectivity index (χ0v) is 29.6. The van der Waals surface area contributed by atoms with Crippen LogP contribution >= 0.6 is 0 Å². The second kappa shape index (κ2) is 10.1. The maximum absolute atomic E-state index is 6.68. The van der Waals surface area contributed by atoms with Crippen molar-refractivity contribution in [3.8, 4) is 11.1 Å². The van der Waals surface area contributed by atoms with Crippen LogP contribution in [-0.2, 0) is 0 Å². The van der Waals surface area contributed by atoms with E-state index >= 15 is 0 Å². The number of nitrogens with zero attached hydrogens (tertiary/aromatic N) is 4. The molecule has 56 heavy (non-hydrogen) atoms. The number of furan rings is 2. The van der Waals surface area contributed by atoms with Crippen LogP contribution in [0.15, 0.2) is 167 Å². The number of benzene rings is 8. The van der Waals surface area contributed by atoms with Gasteiger partial charge >= 0.3 is 0 Å². The first kappa shape index (κ1) is 28.8. The van der Waals surface area contributed by atoms with Crippen LogP contribution in [0.25, 0.3) is 132 Å². The third kappa shape index (κ3) is 3.56. The van der Waals surface area contributed by atoms with Gasteiger partial charge in [0.2, 0.25) is 0 Å². The molecule has 8 aromatic carbocycles. The molecule has 0 amide bonds. The maximum Gasteiger partial charge on any atom is 0.160 e. The average Bonchev–Trinajstić information content (AvgIpc) is 4.03. The second-order valence-electron chi connectivity index (χ2n) is 14.9. The summed E-state index contributed by atoms with van der Waals surface area (Å²) in [5.74, 6) is 0. The summed E-state index contributed by atoms with van der Waals surface area (Å²) < 4.78 is 17.7. The zero-order chi connectivity index (χ0) is 36.2. The van der Waals surface area contributed by atoms with Gasteiger partial charge in [0.05, 0.1) is 33.1 Å². The van der Waals surface area contributed by atoms with Gasteiger partial charge in [0.25, 0.3) is 0 Å². The van der Waals surface area contributed by atoms with Gasteiger partial charge in [-0.2, -0.15) is 0 Å². The minimum atomic E-state index is 0.870. The highest BCUT2D eigenvalue weighted by Crippen LogP contribution is 2.42. The lowest BCUT2D eigenvalue weighted by Gasteiger charge is -2.12. The summed E-state index contributed by atoms with van der Waals surface area (Å²) in [6.07, 6.45) is 0. The van der Waals surface area contributed by atoms with Crippen molar-refractivity contribution in [3.63, 3.8) is 0 Å². The number of rotatable bonds is 1. The Morgan fingerprint density at radius 1 is 0.339 bits per heavy atom. The third-order valence-electron chi connectivity index (χ3n) is 12.0. The lowest BCUT2D eigenvalue weighted by atomic mass is 9.98. The van der Waals surface area contributed by atoms with Gasteiger partial charge in [0, 0.05) is 43.1 Å². The van der Waals surface area contributed by atoms with E-state index in [4.69, 9.17) is 18.8 Å². The van der Waals surface area contributed by atoms with Crippen LogP contribution in [0, 0.1) is 0 Å². The number of aromatic nitrogens is 4. The fraction of sp³-hybridized carbons (Fsp3) is 0. The highest BCUT2D eigenvalue weighted by Gasteiger charge is 2.21. The molecule has 0 aliphatic carbocycles. The summed E-state index contributed by atoms with van der Waals surface area (Å²) in [4.78, 5) is 10.5. The van der Waals surface area contributed by atoms with E-state index in [-0.39, 0.29) is 0 Å². The number of fused-ring (bicyclic) bond motifs is 23. The van der Waals surface area contributed by atoms with E-state index in [2.05, 4.69) is 142 Å². The quantitative estimate of drug-likeness (QED) is 0.159. The van der Waals surface area contributed by atoms with Crippen LogP contribution in [0.4, 0.5) is 0 Å². The van der Waals surface area contributed by atoms with Crippen LogP contribution in [0.5, 0.6) is 0 Å².